The van der Waals surface area contributed by atoms with E-state index in [1.165, 1.54) is 0 Å². The molecule has 1 aromatic rings. The fourth-order valence-electron chi connectivity index (χ4n) is 3.68. The number of esters is 1. The van der Waals surface area contributed by atoms with Crippen molar-refractivity contribution >= 4 is 22.3 Å². The molecule has 10 nitrogen and oxygen atoms in total. The van der Waals surface area contributed by atoms with E-state index >= 15 is 0 Å². The summed E-state index contributed by atoms with van der Waals surface area (Å²) in [6.07, 6.45) is 3.74. The molecule has 1 N–H and O–H groups in total. The lowest BCUT2D eigenvalue weighted by molar-refractivity contribution is -0.151. The highest BCUT2D eigenvalue weighted by Gasteiger charge is 2.38. The summed E-state index contributed by atoms with van der Waals surface area (Å²) >= 11 is 0. The summed E-state index contributed by atoms with van der Waals surface area (Å²) in [4.78, 5) is 26.8. The van der Waals surface area contributed by atoms with E-state index in [4.69, 9.17) is 4.74 Å². The van der Waals surface area contributed by atoms with Crippen molar-refractivity contribution < 1.29 is 23.1 Å². The van der Waals surface area contributed by atoms with Gasteiger partial charge in [0.25, 0.3) is 0 Å². The van der Waals surface area contributed by atoms with Gasteiger partial charge in [-0.2, -0.15) is 0 Å². The predicted octanol–water partition coefficient (Wildman–Crippen LogP) is -0.169. The van der Waals surface area contributed by atoms with E-state index in [9.17, 15) is 18.4 Å². The van der Waals surface area contributed by atoms with Gasteiger partial charge in [-0.25, -0.2) is 0 Å². The molecule has 1 aromatic heterocycles. The number of hydrogen-bond acceptors (Lipinski definition) is 7. The summed E-state index contributed by atoms with van der Waals surface area (Å²) in [7, 11) is -3.38. The van der Waals surface area contributed by atoms with Crippen LogP contribution in [0.25, 0.3) is 0 Å². The monoisotopic (exact) mass is 399 g/mol. The van der Waals surface area contributed by atoms with E-state index in [1.807, 2.05) is 0 Å². The number of rotatable bonds is 6. The van der Waals surface area contributed by atoms with Gasteiger partial charge in [-0.15, -0.1) is 14.9 Å². The van der Waals surface area contributed by atoms with Crippen LogP contribution in [0.1, 0.15) is 43.9 Å². The molecule has 0 saturated carbocycles. The first-order valence-corrected chi connectivity index (χ1v) is 11.0. The van der Waals surface area contributed by atoms with Crippen LogP contribution in [0.15, 0.2) is 0 Å². The number of hydrogen-bond donors (Lipinski definition) is 1. The van der Waals surface area contributed by atoms with Crippen LogP contribution in [-0.4, -0.2) is 62.0 Å². The average Bonchev–Trinajstić information content (AvgIpc) is 3.21. The zero-order valence-corrected chi connectivity index (χ0v) is 16.4. The zero-order chi connectivity index (χ0) is 19.6. The second kappa shape index (κ2) is 8.03. The average molecular weight is 399 g/mol. The lowest BCUT2D eigenvalue weighted by atomic mass is 9.97. The van der Waals surface area contributed by atoms with Crippen molar-refractivity contribution in [1.29, 1.82) is 0 Å². The Labute approximate surface area is 159 Å². The molecule has 0 bridgehead atoms. The summed E-state index contributed by atoms with van der Waals surface area (Å²) < 4.78 is 31.9. The number of ether oxygens (including phenoxy) is 1. The molecule has 150 valence electrons. The van der Waals surface area contributed by atoms with Gasteiger partial charge < -0.3 is 18.8 Å². The molecule has 27 heavy (non-hydrogen) atoms. The number of sulfonamides is 1. The van der Waals surface area contributed by atoms with Crippen molar-refractivity contribution in [3.8, 4) is 0 Å². The van der Waals surface area contributed by atoms with Crippen LogP contribution < -0.4 is 4.72 Å². The van der Waals surface area contributed by atoms with Gasteiger partial charge in [0.1, 0.15) is 35.1 Å². The van der Waals surface area contributed by atoms with Gasteiger partial charge in [-0.05, 0) is 26.2 Å². The van der Waals surface area contributed by atoms with E-state index in [0.717, 1.165) is 12.7 Å². The molecule has 2 aliphatic heterocycles. The van der Waals surface area contributed by atoms with Crippen molar-refractivity contribution in [3.63, 3.8) is 0 Å². The Morgan fingerprint density at radius 1 is 1.37 bits per heavy atom. The first-order valence-electron chi connectivity index (χ1n) is 9.13. The highest BCUT2D eigenvalue weighted by atomic mass is 32.3. The van der Waals surface area contributed by atoms with Gasteiger partial charge in [0.2, 0.25) is 5.91 Å². The van der Waals surface area contributed by atoms with Crippen molar-refractivity contribution in [2.24, 2.45) is 5.92 Å². The fraction of sp³-hybridized carbons (Fsp3) is 0.750. The summed E-state index contributed by atoms with van der Waals surface area (Å²) in [6, 6.07) is -0.465. The first-order chi connectivity index (χ1) is 12.8. The molecule has 3 unspecified atom stereocenters. The lowest BCUT2D eigenvalue weighted by Crippen LogP contribution is -2.45. The van der Waals surface area contributed by atoms with Gasteiger partial charge in [-0.3, -0.25) is 9.59 Å². The number of amides is 1. The fourth-order valence-corrected chi connectivity index (χ4v) is 4.07. The van der Waals surface area contributed by atoms with Crippen molar-refractivity contribution in [2.75, 3.05) is 26.0 Å². The Hall–Kier alpha value is -1.85. The number of piperidine rings is 1. The molecule has 11 heteroatoms. The molecule has 3 heterocycles. The summed E-state index contributed by atoms with van der Waals surface area (Å²) in [5, 5.41) is 8.10. The SMILES string of the molecule is CCOC(=O)C1CCCN(C(=O)C2CCc3nnc(CN[S+](C)(=O)[O-])n32)C1. The van der Waals surface area contributed by atoms with Crippen LogP contribution in [0.3, 0.4) is 0 Å². The minimum Gasteiger partial charge on any atom is -0.598 e. The zero-order valence-electron chi connectivity index (χ0n) is 15.5. The number of aromatic nitrogens is 3. The Morgan fingerprint density at radius 3 is 2.85 bits per heavy atom. The molecule has 2 aliphatic rings. The van der Waals surface area contributed by atoms with Crippen molar-refractivity contribution in [3.05, 3.63) is 11.6 Å². The van der Waals surface area contributed by atoms with E-state index in [1.54, 1.807) is 16.4 Å². The van der Waals surface area contributed by atoms with E-state index in [0.29, 0.717) is 50.6 Å². The number of nitrogens with zero attached hydrogens (tertiary/aromatic N) is 4. The largest absolute Gasteiger partial charge is 0.598 e. The Bertz CT molecular complexity index is 760. The first kappa shape index (κ1) is 19.9. The Kier molecular flexibility index (Phi) is 5.92. The highest BCUT2D eigenvalue weighted by Crippen LogP contribution is 2.30. The van der Waals surface area contributed by atoms with Crippen molar-refractivity contribution in [2.45, 2.75) is 45.2 Å². The third-order valence-corrected chi connectivity index (χ3v) is 5.59. The molecule has 0 aromatic carbocycles. The quantitative estimate of drug-likeness (QED) is 0.519. The van der Waals surface area contributed by atoms with E-state index < -0.39 is 16.4 Å². The third-order valence-electron chi connectivity index (χ3n) is 4.92. The smallest absolute Gasteiger partial charge is 0.310 e. The molecule has 1 saturated heterocycles. The van der Waals surface area contributed by atoms with Crippen LogP contribution in [0.5, 0.6) is 0 Å². The third kappa shape index (κ3) is 4.53. The second-order valence-corrected chi connectivity index (χ2v) is 8.76. The van der Waals surface area contributed by atoms with Crippen LogP contribution in [-0.2, 0) is 41.9 Å². The Morgan fingerprint density at radius 2 is 2.15 bits per heavy atom. The van der Waals surface area contributed by atoms with Crippen LogP contribution >= 0.6 is 0 Å². The maximum absolute atomic E-state index is 13.1. The molecule has 0 spiro atoms. The van der Waals surface area contributed by atoms with E-state index in [-0.39, 0.29) is 24.3 Å². The normalized spacial score (nSPS) is 24.3. The van der Waals surface area contributed by atoms with Gasteiger partial charge in [0.05, 0.1) is 12.5 Å². The van der Waals surface area contributed by atoms with Gasteiger partial charge in [0, 0.05) is 19.5 Å². The topological polar surface area (TPSA) is 129 Å². The van der Waals surface area contributed by atoms with Crippen molar-refractivity contribution in [1.82, 2.24) is 24.4 Å². The molecular formula is C16H25N5O5S. The summed E-state index contributed by atoms with van der Waals surface area (Å²) in [5.74, 6) is 0.464. The van der Waals surface area contributed by atoms with Gasteiger partial charge in [0.15, 0.2) is 5.82 Å². The number of nitrogens with one attached hydrogen (secondary N) is 1. The molecule has 0 radical (unpaired) electrons. The van der Waals surface area contributed by atoms with Gasteiger partial charge in [-0.1, -0.05) is 4.21 Å². The summed E-state index contributed by atoms with van der Waals surface area (Å²) in [5.41, 5.74) is 0. The molecule has 0 aliphatic carbocycles. The minimum absolute atomic E-state index is 0.0128. The molecule has 1 fully saturated rings. The number of aryl methyl sites for hydroxylation is 1. The van der Waals surface area contributed by atoms with Gasteiger partial charge >= 0.3 is 5.97 Å². The van der Waals surface area contributed by atoms with Crippen LogP contribution in [0.4, 0.5) is 0 Å². The standard InChI is InChI=1S/C16H25N5O5S/c1-3-26-16(23)11-5-4-8-20(10-11)15(22)12-6-7-13-18-19-14(21(12)13)9-17-27(2,24)25/h11-12H,3-10H2,1-2H3,(H-,17,24,25). The maximum atomic E-state index is 13.1. The number of fused-ring (bicyclic) bond motifs is 1. The van der Waals surface area contributed by atoms with Crippen LogP contribution in [0, 0.1) is 5.92 Å². The highest BCUT2D eigenvalue weighted by molar-refractivity contribution is 7.95. The molecular weight excluding hydrogens is 374 g/mol. The maximum Gasteiger partial charge on any atom is 0.310 e. The van der Waals surface area contributed by atoms with Crippen LogP contribution in [0.2, 0.25) is 0 Å². The molecule has 3 atom stereocenters. The number of carbonyl (C=O) groups excluding carboxylic acids is 2. The van der Waals surface area contributed by atoms with E-state index in [2.05, 4.69) is 14.9 Å². The predicted molar refractivity (Wildman–Crippen MR) is 94.9 cm³/mol. The Balaban J connectivity index is 1.71. The summed E-state index contributed by atoms with van der Waals surface area (Å²) in [6.45, 7) is 3.03. The number of likely N-dealkylation sites (tertiary alicyclic amines) is 1. The second-order valence-electron chi connectivity index (χ2n) is 6.93. The molecule has 3 rings (SSSR count). The lowest BCUT2D eigenvalue weighted by Gasteiger charge is -2.33. The number of carbonyl (C=O) groups is 2. The molecule has 1 amide bonds. The minimum atomic E-state index is -3.38.